The van der Waals surface area contributed by atoms with Gasteiger partial charge in [0.25, 0.3) is 0 Å². The number of thioether (sulfide) groups is 1. The van der Waals surface area contributed by atoms with Crippen LogP contribution in [0.5, 0.6) is 0 Å². The van der Waals surface area contributed by atoms with Crippen LogP contribution in [0, 0.1) is 0 Å². The molecule has 1 saturated heterocycles. The Balaban J connectivity index is 2.03. The zero-order chi connectivity index (χ0) is 10.7. The maximum absolute atomic E-state index is 10.4. The molecule has 1 N–H and O–H groups in total. The second-order valence-electron chi connectivity index (χ2n) is 4.14. The minimum atomic E-state index is -0.459. The summed E-state index contributed by atoms with van der Waals surface area (Å²) in [5.41, 5.74) is 0.770. The third-order valence-electron chi connectivity index (χ3n) is 2.87. The van der Waals surface area contributed by atoms with Crippen molar-refractivity contribution in [3.63, 3.8) is 0 Å². The molecule has 0 spiro atoms. The number of aliphatic hydroxyl groups is 1. The summed E-state index contributed by atoms with van der Waals surface area (Å²) in [4.78, 5) is 0. The third kappa shape index (κ3) is 3.23. The van der Waals surface area contributed by atoms with Gasteiger partial charge in [-0.25, -0.2) is 0 Å². The fraction of sp³-hybridized carbons (Fsp3) is 0.500. The van der Waals surface area contributed by atoms with E-state index in [9.17, 15) is 5.11 Å². The molecule has 0 aromatic heterocycles. The fourth-order valence-corrected chi connectivity index (χ4v) is 3.43. The van der Waals surface area contributed by atoms with Crippen LogP contribution in [0.4, 0.5) is 0 Å². The van der Waals surface area contributed by atoms with Gasteiger partial charge in [-0.1, -0.05) is 28.1 Å². The highest BCUT2D eigenvalue weighted by molar-refractivity contribution is 9.10. The standard InChI is InChI=1S/C12H15BrOS/c13-11-3-1-10(2-4-11)9-12(14)5-7-15-8-6-12/h1-4,14H,5-9H2. The van der Waals surface area contributed by atoms with Gasteiger partial charge in [0.05, 0.1) is 5.60 Å². The summed E-state index contributed by atoms with van der Waals surface area (Å²) < 4.78 is 1.09. The lowest BCUT2D eigenvalue weighted by molar-refractivity contribution is 0.0324. The van der Waals surface area contributed by atoms with Gasteiger partial charge in [0.2, 0.25) is 0 Å². The van der Waals surface area contributed by atoms with Gasteiger partial charge < -0.3 is 5.11 Å². The molecule has 0 amide bonds. The van der Waals surface area contributed by atoms with Crippen molar-refractivity contribution in [1.29, 1.82) is 0 Å². The van der Waals surface area contributed by atoms with Crippen LogP contribution in [0.1, 0.15) is 18.4 Å². The van der Waals surface area contributed by atoms with Gasteiger partial charge in [-0.05, 0) is 42.0 Å². The third-order valence-corrected chi connectivity index (χ3v) is 4.38. The highest BCUT2D eigenvalue weighted by atomic mass is 79.9. The summed E-state index contributed by atoms with van der Waals surface area (Å²) in [6.45, 7) is 0. The number of halogens is 1. The van der Waals surface area contributed by atoms with Crippen molar-refractivity contribution in [2.45, 2.75) is 24.9 Å². The number of hydrogen-bond acceptors (Lipinski definition) is 2. The highest BCUT2D eigenvalue weighted by Gasteiger charge is 2.29. The molecule has 1 aliphatic rings. The molecule has 1 aliphatic heterocycles. The van der Waals surface area contributed by atoms with Gasteiger partial charge in [0, 0.05) is 10.9 Å². The van der Waals surface area contributed by atoms with Gasteiger partial charge in [0.15, 0.2) is 0 Å². The first-order chi connectivity index (χ1) is 7.18. The molecular weight excluding hydrogens is 272 g/mol. The zero-order valence-electron chi connectivity index (χ0n) is 8.58. The monoisotopic (exact) mass is 286 g/mol. The average Bonchev–Trinajstić information content (AvgIpc) is 2.22. The number of hydrogen-bond donors (Lipinski definition) is 1. The summed E-state index contributed by atoms with van der Waals surface area (Å²) in [5.74, 6) is 2.18. The molecule has 0 aliphatic carbocycles. The van der Waals surface area contributed by atoms with Crippen molar-refractivity contribution in [2.75, 3.05) is 11.5 Å². The van der Waals surface area contributed by atoms with E-state index in [2.05, 4.69) is 28.1 Å². The molecule has 82 valence electrons. The molecule has 0 saturated carbocycles. The molecule has 0 unspecified atom stereocenters. The summed E-state index contributed by atoms with van der Waals surface area (Å²) in [6, 6.07) is 8.25. The van der Waals surface area contributed by atoms with Crippen LogP contribution in [-0.4, -0.2) is 22.2 Å². The Morgan fingerprint density at radius 3 is 2.40 bits per heavy atom. The highest BCUT2D eigenvalue weighted by Crippen LogP contribution is 2.30. The minimum Gasteiger partial charge on any atom is -0.389 e. The molecule has 2 rings (SSSR count). The first kappa shape index (κ1) is 11.5. The van der Waals surface area contributed by atoms with Crippen LogP contribution >= 0.6 is 27.7 Å². The van der Waals surface area contributed by atoms with Crippen LogP contribution in [0.2, 0.25) is 0 Å². The molecule has 1 nitrogen and oxygen atoms in total. The van der Waals surface area contributed by atoms with Crippen LogP contribution < -0.4 is 0 Å². The van der Waals surface area contributed by atoms with Gasteiger partial charge in [-0.15, -0.1) is 0 Å². The van der Waals surface area contributed by atoms with E-state index < -0.39 is 5.60 Å². The summed E-state index contributed by atoms with van der Waals surface area (Å²) in [5, 5.41) is 10.4. The van der Waals surface area contributed by atoms with Crippen molar-refractivity contribution in [3.05, 3.63) is 34.3 Å². The van der Waals surface area contributed by atoms with Crippen LogP contribution in [0.3, 0.4) is 0 Å². The zero-order valence-corrected chi connectivity index (χ0v) is 11.0. The number of rotatable bonds is 2. The fourth-order valence-electron chi connectivity index (χ4n) is 1.91. The van der Waals surface area contributed by atoms with E-state index in [1.807, 2.05) is 23.9 Å². The largest absolute Gasteiger partial charge is 0.389 e. The molecule has 0 radical (unpaired) electrons. The van der Waals surface area contributed by atoms with Gasteiger partial charge >= 0.3 is 0 Å². The molecule has 1 fully saturated rings. The summed E-state index contributed by atoms with van der Waals surface area (Å²) in [7, 11) is 0. The van der Waals surface area contributed by atoms with Crippen molar-refractivity contribution < 1.29 is 5.11 Å². The van der Waals surface area contributed by atoms with Gasteiger partial charge in [-0.2, -0.15) is 11.8 Å². The normalized spacial score (nSPS) is 20.1. The van der Waals surface area contributed by atoms with E-state index in [1.165, 1.54) is 5.56 Å². The first-order valence-electron chi connectivity index (χ1n) is 5.23. The van der Waals surface area contributed by atoms with Crippen molar-refractivity contribution >= 4 is 27.7 Å². The molecule has 1 aromatic rings. The molecule has 0 bridgehead atoms. The molecule has 0 atom stereocenters. The van der Waals surface area contributed by atoms with E-state index in [-0.39, 0.29) is 0 Å². The lowest BCUT2D eigenvalue weighted by Crippen LogP contribution is -2.35. The Kier molecular flexibility index (Phi) is 3.75. The molecule has 3 heteroatoms. The average molecular weight is 287 g/mol. The Morgan fingerprint density at radius 2 is 1.80 bits per heavy atom. The van der Waals surface area contributed by atoms with Crippen molar-refractivity contribution in [2.24, 2.45) is 0 Å². The lowest BCUT2D eigenvalue weighted by Gasteiger charge is -2.31. The van der Waals surface area contributed by atoms with E-state index in [1.54, 1.807) is 0 Å². The lowest BCUT2D eigenvalue weighted by atomic mass is 9.89. The molecule has 1 aromatic carbocycles. The molecule has 15 heavy (non-hydrogen) atoms. The predicted molar refractivity (Wildman–Crippen MR) is 69.4 cm³/mol. The minimum absolute atomic E-state index is 0.459. The first-order valence-corrected chi connectivity index (χ1v) is 7.17. The second kappa shape index (κ2) is 4.89. The van der Waals surface area contributed by atoms with E-state index >= 15 is 0 Å². The maximum atomic E-state index is 10.4. The SMILES string of the molecule is OC1(Cc2ccc(Br)cc2)CCSCC1. The van der Waals surface area contributed by atoms with E-state index in [0.29, 0.717) is 0 Å². The predicted octanol–water partition coefficient (Wildman–Crippen LogP) is 3.25. The van der Waals surface area contributed by atoms with Crippen LogP contribution in [0.25, 0.3) is 0 Å². The van der Waals surface area contributed by atoms with Crippen LogP contribution in [-0.2, 0) is 6.42 Å². The Labute approximate surface area is 103 Å². The quantitative estimate of drug-likeness (QED) is 0.901. The summed E-state index contributed by atoms with van der Waals surface area (Å²) >= 11 is 5.36. The van der Waals surface area contributed by atoms with Gasteiger partial charge in [0.1, 0.15) is 0 Å². The van der Waals surface area contributed by atoms with Crippen molar-refractivity contribution in [1.82, 2.24) is 0 Å². The van der Waals surface area contributed by atoms with Crippen molar-refractivity contribution in [3.8, 4) is 0 Å². The summed E-state index contributed by atoms with van der Waals surface area (Å²) in [6.07, 6.45) is 2.64. The second-order valence-corrected chi connectivity index (χ2v) is 6.28. The Morgan fingerprint density at radius 1 is 1.20 bits per heavy atom. The Bertz CT molecular complexity index is 317. The molecular formula is C12H15BrOS. The number of benzene rings is 1. The smallest absolute Gasteiger partial charge is 0.0703 e. The Hall–Kier alpha value is 0.01000. The van der Waals surface area contributed by atoms with E-state index in [4.69, 9.17) is 0 Å². The van der Waals surface area contributed by atoms with Crippen LogP contribution in [0.15, 0.2) is 28.7 Å². The van der Waals surface area contributed by atoms with Gasteiger partial charge in [-0.3, -0.25) is 0 Å². The molecule has 1 heterocycles. The maximum Gasteiger partial charge on any atom is 0.0703 e. The van der Waals surface area contributed by atoms with E-state index in [0.717, 1.165) is 35.2 Å². The topological polar surface area (TPSA) is 20.2 Å².